The van der Waals surface area contributed by atoms with Crippen molar-refractivity contribution < 1.29 is 4.74 Å². The zero-order valence-electron chi connectivity index (χ0n) is 11.1. The lowest BCUT2D eigenvalue weighted by Crippen LogP contribution is -2.37. The standard InChI is InChI=1S/C15H22N2O/c1-9-5-10(2)7-11(6-9)15(17-16)13-8-12-3-4-14(13)18-12/h5-7,12-15,17H,3-4,8,16H2,1-2H3. The molecule has 0 saturated carbocycles. The van der Waals surface area contributed by atoms with E-state index in [2.05, 4.69) is 37.5 Å². The number of hydrogen-bond donors (Lipinski definition) is 2. The van der Waals surface area contributed by atoms with Gasteiger partial charge in [0, 0.05) is 5.92 Å². The van der Waals surface area contributed by atoms with Gasteiger partial charge in [0.1, 0.15) is 0 Å². The summed E-state index contributed by atoms with van der Waals surface area (Å²) in [5.74, 6) is 6.33. The third-order valence-corrected chi connectivity index (χ3v) is 4.36. The molecule has 2 aliphatic heterocycles. The molecule has 0 amide bonds. The van der Waals surface area contributed by atoms with E-state index in [-0.39, 0.29) is 6.04 Å². The maximum absolute atomic E-state index is 5.95. The minimum absolute atomic E-state index is 0.221. The molecule has 3 rings (SSSR count). The smallest absolute Gasteiger partial charge is 0.0627 e. The van der Waals surface area contributed by atoms with Crippen LogP contribution in [0.15, 0.2) is 18.2 Å². The second-order valence-electron chi connectivity index (χ2n) is 5.84. The van der Waals surface area contributed by atoms with Crippen molar-refractivity contribution in [2.45, 2.75) is 51.4 Å². The van der Waals surface area contributed by atoms with Gasteiger partial charge in [-0.1, -0.05) is 29.3 Å². The minimum Gasteiger partial charge on any atom is -0.375 e. The predicted octanol–water partition coefficient (Wildman–Crippen LogP) is 2.38. The van der Waals surface area contributed by atoms with Crippen molar-refractivity contribution in [3.05, 3.63) is 34.9 Å². The van der Waals surface area contributed by atoms with E-state index in [4.69, 9.17) is 10.6 Å². The van der Waals surface area contributed by atoms with Crippen molar-refractivity contribution in [3.63, 3.8) is 0 Å². The zero-order chi connectivity index (χ0) is 12.7. The Kier molecular flexibility index (Phi) is 3.14. The Morgan fingerprint density at radius 1 is 1.22 bits per heavy atom. The van der Waals surface area contributed by atoms with Gasteiger partial charge in [0.15, 0.2) is 0 Å². The van der Waals surface area contributed by atoms with Gasteiger partial charge in [-0.2, -0.15) is 0 Å². The normalized spacial score (nSPS) is 31.8. The van der Waals surface area contributed by atoms with Crippen molar-refractivity contribution in [1.29, 1.82) is 0 Å². The van der Waals surface area contributed by atoms with E-state index in [1.165, 1.54) is 29.5 Å². The number of hydrazine groups is 1. The molecule has 1 aromatic rings. The van der Waals surface area contributed by atoms with Crippen LogP contribution in [-0.2, 0) is 4.74 Å². The van der Waals surface area contributed by atoms with Gasteiger partial charge in [-0.15, -0.1) is 0 Å². The average Bonchev–Trinajstić information content (AvgIpc) is 2.90. The molecule has 4 atom stereocenters. The lowest BCUT2D eigenvalue weighted by Gasteiger charge is -2.28. The lowest BCUT2D eigenvalue weighted by molar-refractivity contribution is 0.0856. The summed E-state index contributed by atoms with van der Waals surface area (Å²) in [5, 5.41) is 0. The van der Waals surface area contributed by atoms with Gasteiger partial charge in [0.2, 0.25) is 0 Å². The molecule has 0 spiro atoms. The number of rotatable bonds is 3. The molecule has 2 aliphatic rings. The van der Waals surface area contributed by atoms with Crippen molar-refractivity contribution in [2.24, 2.45) is 11.8 Å². The average molecular weight is 246 g/mol. The first-order valence-corrected chi connectivity index (χ1v) is 6.87. The van der Waals surface area contributed by atoms with E-state index in [9.17, 15) is 0 Å². The van der Waals surface area contributed by atoms with Crippen LogP contribution >= 0.6 is 0 Å². The molecule has 0 aliphatic carbocycles. The van der Waals surface area contributed by atoms with Crippen LogP contribution in [-0.4, -0.2) is 12.2 Å². The predicted molar refractivity (Wildman–Crippen MR) is 72.0 cm³/mol. The molecule has 3 N–H and O–H groups in total. The Morgan fingerprint density at radius 3 is 2.44 bits per heavy atom. The van der Waals surface area contributed by atoms with E-state index in [0.29, 0.717) is 18.1 Å². The lowest BCUT2D eigenvalue weighted by atomic mass is 9.81. The third-order valence-electron chi connectivity index (χ3n) is 4.36. The van der Waals surface area contributed by atoms with E-state index in [1.807, 2.05) is 0 Å². The van der Waals surface area contributed by atoms with Gasteiger partial charge >= 0.3 is 0 Å². The van der Waals surface area contributed by atoms with E-state index in [0.717, 1.165) is 6.42 Å². The van der Waals surface area contributed by atoms with Crippen molar-refractivity contribution in [3.8, 4) is 0 Å². The van der Waals surface area contributed by atoms with Crippen LogP contribution in [0.4, 0.5) is 0 Å². The van der Waals surface area contributed by atoms with Crippen LogP contribution in [0.1, 0.15) is 42.0 Å². The molecule has 0 radical (unpaired) electrons. The number of nitrogens with one attached hydrogen (secondary N) is 1. The van der Waals surface area contributed by atoms with Crippen LogP contribution in [0.2, 0.25) is 0 Å². The van der Waals surface area contributed by atoms with Gasteiger partial charge in [0.25, 0.3) is 0 Å². The number of fused-ring (bicyclic) bond motifs is 2. The second kappa shape index (κ2) is 4.65. The fourth-order valence-corrected chi connectivity index (χ4v) is 3.68. The summed E-state index contributed by atoms with van der Waals surface area (Å²) in [6, 6.07) is 6.90. The summed E-state index contributed by atoms with van der Waals surface area (Å²) in [5.41, 5.74) is 6.92. The first-order chi connectivity index (χ1) is 8.67. The summed E-state index contributed by atoms with van der Waals surface area (Å²) in [6.07, 6.45) is 4.44. The highest BCUT2D eigenvalue weighted by Crippen LogP contribution is 2.44. The van der Waals surface area contributed by atoms with Crippen LogP contribution in [0.5, 0.6) is 0 Å². The third kappa shape index (κ3) is 2.07. The monoisotopic (exact) mass is 246 g/mol. The minimum atomic E-state index is 0.221. The molecular formula is C15H22N2O. The Morgan fingerprint density at radius 2 is 1.94 bits per heavy atom. The van der Waals surface area contributed by atoms with E-state index < -0.39 is 0 Å². The Labute approximate surface area is 109 Å². The Bertz CT molecular complexity index is 426. The maximum Gasteiger partial charge on any atom is 0.0627 e. The summed E-state index contributed by atoms with van der Waals surface area (Å²) in [6.45, 7) is 4.28. The number of aryl methyl sites for hydroxylation is 2. The fraction of sp³-hybridized carbons (Fsp3) is 0.600. The van der Waals surface area contributed by atoms with Crippen LogP contribution in [0.3, 0.4) is 0 Å². The second-order valence-corrected chi connectivity index (χ2v) is 5.84. The van der Waals surface area contributed by atoms with Crippen LogP contribution < -0.4 is 11.3 Å². The molecule has 0 aromatic heterocycles. The zero-order valence-corrected chi connectivity index (χ0v) is 11.1. The fourth-order valence-electron chi connectivity index (χ4n) is 3.68. The summed E-state index contributed by atoms with van der Waals surface area (Å²) < 4.78 is 5.95. The summed E-state index contributed by atoms with van der Waals surface area (Å²) in [7, 11) is 0. The SMILES string of the molecule is Cc1cc(C)cc(C(NN)C2CC3CCC2O3)c1. The number of hydrogen-bond acceptors (Lipinski definition) is 3. The van der Waals surface area contributed by atoms with Gasteiger partial charge in [0.05, 0.1) is 18.2 Å². The quantitative estimate of drug-likeness (QED) is 0.636. The Hall–Kier alpha value is -0.900. The molecule has 2 bridgehead atoms. The molecule has 4 unspecified atom stereocenters. The molecule has 1 aromatic carbocycles. The Balaban J connectivity index is 1.87. The molecule has 3 nitrogen and oxygen atoms in total. The molecule has 98 valence electrons. The highest BCUT2D eigenvalue weighted by Gasteiger charge is 2.44. The van der Waals surface area contributed by atoms with Crippen LogP contribution in [0.25, 0.3) is 0 Å². The molecule has 2 heterocycles. The first-order valence-electron chi connectivity index (χ1n) is 6.87. The maximum atomic E-state index is 5.95. The van der Waals surface area contributed by atoms with Crippen molar-refractivity contribution in [1.82, 2.24) is 5.43 Å². The van der Waals surface area contributed by atoms with Crippen molar-refractivity contribution >= 4 is 0 Å². The van der Waals surface area contributed by atoms with E-state index >= 15 is 0 Å². The number of ether oxygens (including phenoxy) is 1. The largest absolute Gasteiger partial charge is 0.375 e. The van der Waals surface area contributed by atoms with Gasteiger partial charge in [-0.3, -0.25) is 11.3 Å². The van der Waals surface area contributed by atoms with Gasteiger partial charge in [-0.05, 0) is 38.7 Å². The van der Waals surface area contributed by atoms with Gasteiger partial charge in [-0.25, -0.2) is 0 Å². The van der Waals surface area contributed by atoms with Gasteiger partial charge < -0.3 is 4.74 Å². The highest BCUT2D eigenvalue weighted by atomic mass is 16.5. The first kappa shape index (κ1) is 12.2. The molecular weight excluding hydrogens is 224 g/mol. The van der Waals surface area contributed by atoms with E-state index in [1.54, 1.807) is 0 Å². The topological polar surface area (TPSA) is 47.3 Å². The molecule has 2 fully saturated rings. The molecule has 2 saturated heterocycles. The molecule has 18 heavy (non-hydrogen) atoms. The summed E-state index contributed by atoms with van der Waals surface area (Å²) >= 11 is 0. The number of benzene rings is 1. The molecule has 3 heteroatoms. The summed E-state index contributed by atoms with van der Waals surface area (Å²) in [4.78, 5) is 0. The number of nitrogens with two attached hydrogens (primary N) is 1. The van der Waals surface area contributed by atoms with Crippen molar-refractivity contribution in [2.75, 3.05) is 0 Å². The van der Waals surface area contributed by atoms with Crippen LogP contribution in [0, 0.1) is 19.8 Å². The highest BCUT2D eigenvalue weighted by molar-refractivity contribution is 5.31.